The number of benzene rings is 1. The van der Waals surface area contributed by atoms with Gasteiger partial charge in [0.15, 0.2) is 0 Å². The van der Waals surface area contributed by atoms with E-state index < -0.39 is 0 Å². The zero-order valence-corrected chi connectivity index (χ0v) is 12.1. The summed E-state index contributed by atoms with van der Waals surface area (Å²) in [7, 11) is 0. The molecule has 1 unspecified atom stereocenters. The maximum Gasteiger partial charge on any atom is 0.103 e. The molecule has 0 aliphatic rings. The van der Waals surface area contributed by atoms with Crippen molar-refractivity contribution in [1.29, 1.82) is 0 Å². The van der Waals surface area contributed by atoms with Gasteiger partial charge in [0, 0.05) is 23.5 Å². The molecule has 18 heavy (non-hydrogen) atoms. The second-order valence-corrected chi connectivity index (χ2v) is 5.45. The topological polar surface area (TPSA) is 25.2 Å². The average Bonchev–Trinajstić information content (AvgIpc) is 2.87. The molecule has 1 atom stereocenters. The minimum atomic E-state index is 0.481. The Kier molecular flexibility index (Phi) is 5.02. The van der Waals surface area contributed by atoms with Crippen LogP contribution >= 0.6 is 15.9 Å². The van der Waals surface area contributed by atoms with Crippen LogP contribution < -0.4 is 5.32 Å². The van der Waals surface area contributed by atoms with E-state index in [9.17, 15) is 0 Å². The number of hydrogen-bond donors (Lipinski definition) is 1. The Labute approximate surface area is 117 Å². The lowest BCUT2D eigenvalue weighted by Gasteiger charge is -2.13. The van der Waals surface area contributed by atoms with Crippen LogP contribution in [0.25, 0.3) is 0 Å². The molecule has 1 aromatic heterocycles. The Balaban J connectivity index is 1.73. The molecule has 0 saturated carbocycles. The van der Waals surface area contributed by atoms with Crippen LogP contribution in [0.5, 0.6) is 0 Å². The Morgan fingerprint density at radius 1 is 1.28 bits per heavy atom. The molecule has 0 radical (unpaired) electrons. The smallest absolute Gasteiger partial charge is 0.103 e. The minimum absolute atomic E-state index is 0.481. The highest BCUT2D eigenvalue weighted by Gasteiger charge is 2.04. The van der Waals surface area contributed by atoms with Crippen LogP contribution in [0.3, 0.4) is 0 Å². The number of hydrogen-bond acceptors (Lipinski definition) is 2. The maximum atomic E-state index is 5.33. The first-order chi connectivity index (χ1) is 8.74. The van der Waals surface area contributed by atoms with Crippen LogP contribution in [0.4, 0.5) is 0 Å². The van der Waals surface area contributed by atoms with Crippen molar-refractivity contribution in [3.05, 3.63) is 58.5 Å². The van der Waals surface area contributed by atoms with E-state index in [0.717, 1.165) is 29.6 Å². The van der Waals surface area contributed by atoms with Crippen molar-refractivity contribution in [2.24, 2.45) is 0 Å². The third-order valence-electron chi connectivity index (χ3n) is 2.95. The van der Waals surface area contributed by atoms with Crippen LogP contribution in [-0.4, -0.2) is 6.04 Å². The van der Waals surface area contributed by atoms with Gasteiger partial charge in [0.05, 0.1) is 6.26 Å². The second-order valence-electron chi connectivity index (χ2n) is 4.53. The normalized spacial score (nSPS) is 12.6. The fraction of sp³-hybridized carbons (Fsp3) is 0.333. The molecule has 0 bridgehead atoms. The van der Waals surface area contributed by atoms with Crippen molar-refractivity contribution in [3.8, 4) is 0 Å². The molecule has 0 aliphatic carbocycles. The standard InChI is InChI=1S/C15H18BrNO/c1-12(7-8-15-6-3-9-18-15)17-11-13-4-2-5-14(16)10-13/h2-6,9-10,12,17H,7-8,11H2,1H3. The molecule has 2 nitrogen and oxygen atoms in total. The van der Waals surface area contributed by atoms with Gasteiger partial charge < -0.3 is 9.73 Å². The monoisotopic (exact) mass is 307 g/mol. The fourth-order valence-corrected chi connectivity index (χ4v) is 2.30. The van der Waals surface area contributed by atoms with Gasteiger partial charge in [-0.3, -0.25) is 0 Å². The molecule has 1 aromatic carbocycles. The summed E-state index contributed by atoms with van der Waals surface area (Å²) in [5, 5.41) is 3.53. The van der Waals surface area contributed by atoms with E-state index >= 15 is 0 Å². The van der Waals surface area contributed by atoms with Crippen LogP contribution in [0.1, 0.15) is 24.7 Å². The van der Waals surface area contributed by atoms with Crippen molar-refractivity contribution < 1.29 is 4.42 Å². The van der Waals surface area contributed by atoms with E-state index in [1.807, 2.05) is 18.2 Å². The number of nitrogens with one attached hydrogen (secondary N) is 1. The Morgan fingerprint density at radius 2 is 2.17 bits per heavy atom. The summed E-state index contributed by atoms with van der Waals surface area (Å²) < 4.78 is 6.46. The van der Waals surface area contributed by atoms with Gasteiger partial charge >= 0.3 is 0 Å². The van der Waals surface area contributed by atoms with Gasteiger partial charge in [0.1, 0.15) is 5.76 Å². The fourth-order valence-electron chi connectivity index (χ4n) is 1.85. The van der Waals surface area contributed by atoms with Crippen LogP contribution in [0, 0.1) is 0 Å². The first kappa shape index (κ1) is 13.4. The summed E-state index contributed by atoms with van der Waals surface area (Å²) in [6, 6.07) is 12.8. The first-order valence-electron chi connectivity index (χ1n) is 6.24. The van der Waals surface area contributed by atoms with Crippen molar-refractivity contribution >= 4 is 15.9 Å². The molecule has 0 saturated heterocycles. The van der Waals surface area contributed by atoms with Crippen molar-refractivity contribution in [2.75, 3.05) is 0 Å². The number of rotatable bonds is 6. The van der Waals surface area contributed by atoms with E-state index in [1.54, 1.807) is 6.26 Å². The van der Waals surface area contributed by atoms with Crippen LogP contribution in [0.2, 0.25) is 0 Å². The van der Waals surface area contributed by atoms with E-state index in [0.29, 0.717) is 6.04 Å². The Morgan fingerprint density at radius 3 is 2.89 bits per heavy atom. The third kappa shape index (κ3) is 4.31. The van der Waals surface area contributed by atoms with Gasteiger partial charge in [-0.15, -0.1) is 0 Å². The Bertz CT molecular complexity index is 467. The highest BCUT2D eigenvalue weighted by Crippen LogP contribution is 2.12. The number of aryl methyl sites for hydroxylation is 1. The van der Waals surface area contributed by atoms with Crippen molar-refractivity contribution in [1.82, 2.24) is 5.32 Å². The third-order valence-corrected chi connectivity index (χ3v) is 3.44. The van der Waals surface area contributed by atoms with Crippen molar-refractivity contribution in [3.63, 3.8) is 0 Å². The SMILES string of the molecule is CC(CCc1ccco1)NCc1cccc(Br)c1. The summed E-state index contributed by atoms with van der Waals surface area (Å²) in [4.78, 5) is 0. The molecule has 96 valence electrons. The lowest BCUT2D eigenvalue weighted by atomic mass is 10.1. The molecule has 0 aliphatic heterocycles. The highest BCUT2D eigenvalue weighted by molar-refractivity contribution is 9.10. The highest BCUT2D eigenvalue weighted by atomic mass is 79.9. The molecule has 3 heteroatoms. The molecule has 0 spiro atoms. The van der Waals surface area contributed by atoms with Crippen LogP contribution in [0.15, 0.2) is 51.6 Å². The van der Waals surface area contributed by atoms with Gasteiger partial charge in [-0.1, -0.05) is 28.1 Å². The van der Waals surface area contributed by atoms with Gasteiger partial charge in [-0.25, -0.2) is 0 Å². The largest absolute Gasteiger partial charge is 0.469 e. The summed E-state index contributed by atoms with van der Waals surface area (Å²) >= 11 is 3.49. The predicted molar refractivity (Wildman–Crippen MR) is 77.5 cm³/mol. The zero-order valence-electron chi connectivity index (χ0n) is 10.5. The molecule has 0 fully saturated rings. The number of furan rings is 1. The van der Waals surface area contributed by atoms with Gasteiger partial charge in [-0.2, -0.15) is 0 Å². The molecular formula is C15H18BrNO. The first-order valence-corrected chi connectivity index (χ1v) is 7.03. The molecule has 1 N–H and O–H groups in total. The van der Waals surface area contributed by atoms with E-state index in [-0.39, 0.29) is 0 Å². The van der Waals surface area contributed by atoms with Crippen LogP contribution in [-0.2, 0) is 13.0 Å². The summed E-state index contributed by atoms with van der Waals surface area (Å²) in [6.45, 7) is 3.11. The Hall–Kier alpha value is -1.06. The van der Waals surface area contributed by atoms with E-state index in [2.05, 4.69) is 46.4 Å². The lowest BCUT2D eigenvalue weighted by Crippen LogP contribution is -2.25. The zero-order chi connectivity index (χ0) is 12.8. The second kappa shape index (κ2) is 6.76. The molecule has 2 rings (SSSR count). The molecule has 0 amide bonds. The van der Waals surface area contributed by atoms with E-state index in [4.69, 9.17) is 4.42 Å². The predicted octanol–water partition coefficient (Wildman–Crippen LogP) is 4.15. The minimum Gasteiger partial charge on any atom is -0.469 e. The molecular weight excluding hydrogens is 290 g/mol. The molecule has 1 heterocycles. The van der Waals surface area contributed by atoms with Gasteiger partial charge in [-0.05, 0) is 43.2 Å². The van der Waals surface area contributed by atoms with Gasteiger partial charge in [0.2, 0.25) is 0 Å². The van der Waals surface area contributed by atoms with E-state index in [1.165, 1.54) is 5.56 Å². The van der Waals surface area contributed by atoms with Crippen molar-refractivity contribution in [2.45, 2.75) is 32.4 Å². The quantitative estimate of drug-likeness (QED) is 0.867. The maximum absolute atomic E-state index is 5.33. The summed E-state index contributed by atoms with van der Waals surface area (Å²) in [5.74, 6) is 1.06. The van der Waals surface area contributed by atoms with Gasteiger partial charge in [0.25, 0.3) is 0 Å². The molecule has 2 aromatic rings. The lowest BCUT2D eigenvalue weighted by molar-refractivity contribution is 0.460. The summed E-state index contributed by atoms with van der Waals surface area (Å²) in [6.07, 6.45) is 3.80. The summed E-state index contributed by atoms with van der Waals surface area (Å²) in [5.41, 5.74) is 1.30. The number of halogens is 1. The average molecular weight is 308 g/mol.